The Labute approximate surface area is 116 Å². The van der Waals surface area contributed by atoms with E-state index >= 15 is 0 Å². The lowest BCUT2D eigenvalue weighted by Crippen LogP contribution is -2.24. The fourth-order valence-corrected chi connectivity index (χ4v) is 2.33. The van der Waals surface area contributed by atoms with Crippen molar-refractivity contribution in [3.8, 4) is 10.6 Å². The second kappa shape index (κ2) is 5.01. The number of hydrogen-bond donors (Lipinski definition) is 1. The first kappa shape index (κ1) is 13.5. The third-order valence-electron chi connectivity index (χ3n) is 2.27. The van der Waals surface area contributed by atoms with E-state index in [1.54, 1.807) is 0 Å². The van der Waals surface area contributed by atoms with Crippen molar-refractivity contribution < 1.29 is 9.53 Å². The number of thiazole rings is 1. The number of hydrogen-bond acceptors (Lipinski definition) is 5. The Balaban J connectivity index is 2.30. The van der Waals surface area contributed by atoms with Crippen LogP contribution in [-0.2, 0) is 4.74 Å². The summed E-state index contributed by atoms with van der Waals surface area (Å²) in [5.41, 5.74) is 6.43. The van der Waals surface area contributed by atoms with Gasteiger partial charge in [0, 0.05) is 5.56 Å². The van der Waals surface area contributed by atoms with E-state index in [2.05, 4.69) is 4.98 Å². The Morgan fingerprint density at radius 3 is 2.47 bits per heavy atom. The molecule has 0 saturated carbocycles. The molecule has 1 aromatic heterocycles. The number of esters is 1. The summed E-state index contributed by atoms with van der Waals surface area (Å²) in [6.45, 7) is 5.43. The summed E-state index contributed by atoms with van der Waals surface area (Å²) < 4.78 is 5.28. The Morgan fingerprint density at radius 1 is 1.26 bits per heavy atom. The first-order valence-corrected chi connectivity index (χ1v) is 6.73. The molecule has 0 radical (unpaired) electrons. The number of rotatable bonds is 2. The summed E-state index contributed by atoms with van der Waals surface area (Å²) in [6, 6.07) is 9.61. The SMILES string of the molecule is CC(C)(C)OC(=O)c1nc(-c2ccccc2)sc1N. The standard InChI is InChI=1S/C14H16N2O2S/c1-14(2,3)18-13(17)10-11(15)19-12(16-10)9-7-5-4-6-8-9/h4-8H,15H2,1-3H3. The highest BCUT2D eigenvalue weighted by molar-refractivity contribution is 7.19. The van der Waals surface area contributed by atoms with Gasteiger partial charge in [-0.2, -0.15) is 0 Å². The number of carbonyl (C=O) groups excluding carboxylic acids is 1. The van der Waals surface area contributed by atoms with Gasteiger partial charge in [-0.05, 0) is 20.8 Å². The first-order valence-electron chi connectivity index (χ1n) is 5.92. The van der Waals surface area contributed by atoms with Gasteiger partial charge in [0.25, 0.3) is 0 Å². The summed E-state index contributed by atoms with van der Waals surface area (Å²) in [4.78, 5) is 16.3. The van der Waals surface area contributed by atoms with E-state index < -0.39 is 11.6 Å². The lowest BCUT2D eigenvalue weighted by molar-refractivity contribution is 0.00651. The van der Waals surface area contributed by atoms with E-state index in [0.29, 0.717) is 5.00 Å². The molecule has 0 aliphatic heterocycles. The van der Waals surface area contributed by atoms with Gasteiger partial charge in [-0.1, -0.05) is 41.7 Å². The van der Waals surface area contributed by atoms with E-state index in [4.69, 9.17) is 10.5 Å². The molecule has 2 aromatic rings. The second-order valence-corrected chi connectivity index (χ2v) is 6.13. The maximum atomic E-state index is 12.0. The molecule has 0 fully saturated rings. The van der Waals surface area contributed by atoms with Gasteiger partial charge >= 0.3 is 5.97 Å². The van der Waals surface area contributed by atoms with Crippen molar-refractivity contribution in [2.75, 3.05) is 5.73 Å². The molecule has 0 bridgehead atoms. The van der Waals surface area contributed by atoms with Crippen molar-refractivity contribution in [3.63, 3.8) is 0 Å². The third-order valence-corrected chi connectivity index (χ3v) is 3.20. The van der Waals surface area contributed by atoms with Crippen LogP contribution in [0.15, 0.2) is 30.3 Å². The minimum atomic E-state index is -0.556. The van der Waals surface area contributed by atoms with Crippen molar-refractivity contribution in [1.82, 2.24) is 4.98 Å². The normalized spacial score (nSPS) is 11.3. The van der Waals surface area contributed by atoms with Crippen molar-refractivity contribution in [2.24, 2.45) is 0 Å². The van der Waals surface area contributed by atoms with E-state index in [9.17, 15) is 4.79 Å². The Morgan fingerprint density at radius 2 is 1.89 bits per heavy atom. The lowest BCUT2D eigenvalue weighted by atomic mass is 10.2. The van der Waals surface area contributed by atoms with Gasteiger partial charge in [0.2, 0.25) is 0 Å². The molecule has 0 atom stereocenters. The molecule has 0 aliphatic rings. The molecule has 100 valence electrons. The van der Waals surface area contributed by atoms with Crippen molar-refractivity contribution in [1.29, 1.82) is 0 Å². The van der Waals surface area contributed by atoms with E-state index in [1.807, 2.05) is 51.1 Å². The fraction of sp³-hybridized carbons (Fsp3) is 0.286. The largest absolute Gasteiger partial charge is 0.455 e. The summed E-state index contributed by atoms with van der Waals surface area (Å²) in [7, 11) is 0. The van der Waals surface area contributed by atoms with Gasteiger partial charge in [0.05, 0.1) is 0 Å². The average Bonchev–Trinajstić information content (AvgIpc) is 2.70. The molecule has 2 rings (SSSR count). The van der Waals surface area contributed by atoms with Crippen LogP contribution >= 0.6 is 11.3 Å². The molecule has 2 N–H and O–H groups in total. The number of nitrogen functional groups attached to an aromatic ring is 1. The molecular weight excluding hydrogens is 260 g/mol. The maximum absolute atomic E-state index is 12.0. The molecule has 0 spiro atoms. The summed E-state index contributed by atoms with van der Waals surface area (Å²) in [5, 5.41) is 1.10. The molecule has 5 heteroatoms. The smallest absolute Gasteiger partial charge is 0.360 e. The topological polar surface area (TPSA) is 65.2 Å². The molecule has 1 heterocycles. The molecule has 4 nitrogen and oxygen atoms in total. The number of benzene rings is 1. The van der Waals surface area contributed by atoms with Gasteiger partial charge in [0.1, 0.15) is 15.6 Å². The lowest BCUT2D eigenvalue weighted by Gasteiger charge is -2.18. The monoisotopic (exact) mass is 276 g/mol. The first-order chi connectivity index (χ1) is 8.87. The number of anilines is 1. The minimum absolute atomic E-state index is 0.193. The summed E-state index contributed by atoms with van der Waals surface area (Å²) in [6.07, 6.45) is 0. The van der Waals surface area contributed by atoms with Crippen LogP contribution in [0.2, 0.25) is 0 Å². The fourth-order valence-electron chi connectivity index (χ4n) is 1.51. The van der Waals surface area contributed by atoms with E-state index in [0.717, 1.165) is 10.6 Å². The highest BCUT2D eigenvalue weighted by Crippen LogP contribution is 2.30. The summed E-state index contributed by atoms with van der Waals surface area (Å²) >= 11 is 1.29. The maximum Gasteiger partial charge on any atom is 0.360 e. The number of nitrogens with zero attached hydrogens (tertiary/aromatic N) is 1. The van der Waals surface area contributed by atoms with Crippen molar-refractivity contribution >= 4 is 22.3 Å². The molecule has 0 aliphatic carbocycles. The second-order valence-electron chi connectivity index (χ2n) is 5.10. The van der Waals surface area contributed by atoms with Gasteiger partial charge in [-0.15, -0.1) is 0 Å². The van der Waals surface area contributed by atoms with Crippen LogP contribution in [0.3, 0.4) is 0 Å². The van der Waals surface area contributed by atoms with Crippen LogP contribution < -0.4 is 5.73 Å². The predicted molar refractivity (Wildman–Crippen MR) is 77.1 cm³/mol. The van der Waals surface area contributed by atoms with Gasteiger partial charge in [-0.3, -0.25) is 0 Å². The van der Waals surface area contributed by atoms with Crippen molar-refractivity contribution in [2.45, 2.75) is 26.4 Å². The molecule has 1 aromatic carbocycles. The Hall–Kier alpha value is -1.88. The molecular formula is C14H16N2O2S. The Kier molecular flexibility index (Phi) is 3.57. The van der Waals surface area contributed by atoms with Crippen LogP contribution in [0, 0.1) is 0 Å². The number of ether oxygens (including phenoxy) is 1. The van der Waals surface area contributed by atoms with Gasteiger partial charge in [0.15, 0.2) is 5.69 Å². The number of nitrogens with two attached hydrogens (primary N) is 1. The minimum Gasteiger partial charge on any atom is -0.455 e. The Bertz CT molecular complexity index is 585. The number of aromatic nitrogens is 1. The highest BCUT2D eigenvalue weighted by atomic mass is 32.1. The quantitative estimate of drug-likeness (QED) is 0.854. The van der Waals surface area contributed by atoms with Crippen LogP contribution in [0.1, 0.15) is 31.3 Å². The van der Waals surface area contributed by atoms with E-state index in [-0.39, 0.29) is 5.69 Å². The van der Waals surface area contributed by atoms with E-state index in [1.165, 1.54) is 11.3 Å². The zero-order valence-corrected chi connectivity index (χ0v) is 12.0. The molecule has 19 heavy (non-hydrogen) atoms. The highest BCUT2D eigenvalue weighted by Gasteiger charge is 2.23. The van der Waals surface area contributed by atoms with Crippen LogP contribution in [0.4, 0.5) is 5.00 Å². The average molecular weight is 276 g/mol. The third kappa shape index (κ3) is 3.32. The van der Waals surface area contributed by atoms with Crippen LogP contribution in [0.5, 0.6) is 0 Å². The van der Waals surface area contributed by atoms with Gasteiger partial charge < -0.3 is 10.5 Å². The van der Waals surface area contributed by atoms with Crippen molar-refractivity contribution in [3.05, 3.63) is 36.0 Å². The summed E-state index contributed by atoms with van der Waals surface area (Å²) in [5.74, 6) is -0.483. The van der Waals surface area contributed by atoms with Gasteiger partial charge in [-0.25, -0.2) is 9.78 Å². The molecule has 0 unspecified atom stereocenters. The molecule has 0 amide bonds. The molecule has 0 saturated heterocycles. The van der Waals surface area contributed by atoms with Crippen LogP contribution in [-0.4, -0.2) is 16.6 Å². The predicted octanol–water partition coefficient (Wildman–Crippen LogP) is 3.35. The van der Waals surface area contributed by atoms with Crippen LogP contribution in [0.25, 0.3) is 10.6 Å². The number of carbonyl (C=O) groups is 1. The zero-order chi connectivity index (χ0) is 14.0. The zero-order valence-electron chi connectivity index (χ0n) is 11.1.